The van der Waals surface area contributed by atoms with Crippen LogP contribution in [0.2, 0.25) is 5.02 Å². The minimum Gasteiger partial charge on any atom is -0.462 e. The molecule has 162 valence electrons. The van der Waals surface area contributed by atoms with Gasteiger partial charge in [-0.15, -0.1) is 0 Å². The van der Waals surface area contributed by atoms with Crippen LogP contribution in [0.5, 0.6) is 5.19 Å². The number of sulfonamides is 1. The van der Waals surface area contributed by atoms with E-state index in [1.165, 1.54) is 23.5 Å². The zero-order valence-electron chi connectivity index (χ0n) is 16.2. The molecule has 2 atom stereocenters. The van der Waals surface area contributed by atoms with E-state index in [0.717, 1.165) is 5.22 Å². The average molecular weight is 480 g/mol. The molecule has 4 N–H and O–H groups in total. The van der Waals surface area contributed by atoms with Gasteiger partial charge in [0.1, 0.15) is 16.4 Å². The number of fused-ring (bicyclic) bond motifs is 1. The lowest BCUT2D eigenvalue weighted by Crippen LogP contribution is -2.40. The number of nitrogens with two attached hydrogens (primary N) is 2. The summed E-state index contributed by atoms with van der Waals surface area (Å²) in [5.41, 5.74) is 7.17. The summed E-state index contributed by atoms with van der Waals surface area (Å²) in [7, 11) is -4.05. The van der Waals surface area contributed by atoms with E-state index < -0.39 is 21.7 Å². The molecule has 1 aliphatic rings. The number of aromatic nitrogens is 1. The van der Waals surface area contributed by atoms with Gasteiger partial charge in [-0.3, -0.25) is 0 Å². The van der Waals surface area contributed by atoms with Crippen molar-refractivity contribution >= 4 is 45.1 Å². The lowest BCUT2D eigenvalue weighted by atomic mass is 9.95. The molecule has 0 spiro atoms. The Hall–Kier alpha value is -2.50. The topological polar surface area (TPSA) is 139 Å². The molecule has 1 aromatic carbocycles. The molecule has 11 heteroatoms. The van der Waals surface area contributed by atoms with Crippen molar-refractivity contribution in [1.29, 1.82) is 0 Å². The van der Waals surface area contributed by atoms with Gasteiger partial charge in [0.05, 0.1) is 16.6 Å². The second-order valence-electron chi connectivity index (χ2n) is 6.95. The van der Waals surface area contributed by atoms with Gasteiger partial charge in [0.2, 0.25) is 10.0 Å². The first kappa shape index (κ1) is 21.7. The monoisotopic (exact) mass is 479 g/mol. The van der Waals surface area contributed by atoms with Gasteiger partial charge in [0.15, 0.2) is 0 Å². The Balaban J connectivity index is 1.78. The first-order valence-electron chi connectivity index (χ1n) is 9.15. The highest BCUT2D eigenvalue weighted by Gasteiger charge is 2.25. The molecule has 2 aromatic heterocycles. The molecule has 1 aliphatic carbocycles. The van der Waals surface area contributed by atoms with Crippen LogP contribution < -0.4 is 31.9 Å². The molecule has 0 saturated carbocycles. The normalized spacial score (nSPS) is 16.7. The zero-order chi connectivity index (χ0) is 22.3. The van der Waals surface area contributed by atoms with E-state index >= 15 is 0 Å². The Bertz CT molecular complexity index is 1430. The molecule has 0 saturated heterocycles. The van der Waals surface area contributed by atoms with E-state index in [0.29, 0.717) is 22.6 Å². The van der Waals surface area contributed by atoms with Gasteiger partial charge in [0, 0.05) is 23.2 Å². The van der Waals surface area contributed by atoms with Crippen LogP contribution in [-0.2, 0) is 10.0 Å². The van der Waals surface area contributed by atoms with Crippen LogP contribution in [0.4, 0.5) is 0 Å². The molecule has 4 rings (SSSR count). The van der Waals surface area contributed by atoms with Crippen molar-refractivity contribution in [3.05, 3.63) is 72.5 Å². The van der Waals surface area contributed by atoms with Gasteiger partial charge in [-0.1, -0.05) is 41.1 Å². The van der Waals surface area contributed by atoms with Crippen LogP contribution in [0.25, 0.3) is 12.2 Å². The Morgan fingerprint density at radius 3 is 2.84 bits per heavy atom. The minimum atomic E-state index is -4.05. The molecule has 0 bridgehead atoms. The van der Waals surface area contributed by atoms with Crippen LogP contribution in [0.1, 0.15) is 29.2 Å². The van der Waals surface area contributed by atoms with Gasteiger partial charge in [-0.05, 0) is 30.2 Å². The van der Waals surface area contributed by atoms with E-state index in [-0.39, 0.29) is 27.1 Å². The Morgan fingerprint density at radius 1 is 1.39 bits per heavy atom. The lowest BCUT2D eigenvalue weighted by molar-refractivity contribution is 0.265. The second kappa shape index (κ2) is 8.21. The van der Waals surface area contributed by atoms with Crippen molar-refractivity contribution in [3.63, 3.8) is 0 Å². The molecule has 2 heterocycles. The van der Waals surface area contributed by atoms with E-state index in [4.69, 9.17) is 31.6 Å². The summed E-state index contributed by atoms with van der Waals surface area (Å²) in [5.74, 6) is 0. The van der Waals surface area contributed by atoms with Crippen LogP contribution in [0.15, 0.2) is 43.9 Å². The standard InChI is InChI=1S/C20H18ClN3O5S2/c1-10-12-6-5-11(28-20-24-7-8-30-20)9-14(12)29-19(25)16(10)18(22)13-3-2-4-15(17(13)21)31(23,26)27/h2-4,6-9,11,18H,5,22H2,1H3,(H2,23,26,27). The maximum Gasteiger partial charge on any atom is 0.341 e. The summed E-state index contributed by atoms with van der Waals surface area (Å²) < 4.78 is 34.9. The van der Waals surface area contributed by atoms with Crippen molar-refractivity contribution in [3.8, 4) is 5.19 Å². The number of halogens is 1. The van der Waals surface area contributed by atoms with Crippen molar-refractivity contribution in [2.75, 3.05) is 0 Å². The summed E-state index contributed by atoms with van der Waals surface area (Å²) in [6.45, 7) is 1.76. The quantitative estimate of drug-likeness (QED) is 0.559. The number of nitrogens with zero attached hydrogens (tertiary/aromatic N) is 1. The molecule has 2 unspecified atom stereocenters. The summed E-state index contributed by atoms with van der Waals surface area (Å²) in [5, 5.41) is 8.16. The van der Waals surface area contributed by atoms with Gasteiger partial charge in [-0.25, -0.2) is 23.3 Å². The predicted octanol–water partition coefficient (Wildman–Crippen LogP) is 1.17. The van der Waals surface area contributed by atoms with Crippen LogP contribution in [-0.4, -0.2) is 19.5 Å². The molecule has 8 nitrogen and oxygen atoms in total. The minimum absolute atomic E-state index is 0.124. The van der Waals surface area contributed by atoms with E-state index in [9.17, 15) is 13.2 Å². The zero-order valence-corrected chi connectivity index (χ0v) is 18.6. The van der Waals surface area contributed by atoms with Crippen molar-refractivity contribution < 1.29 is 17.6 Å². The third-order valence-corrected chi connectivity index (χ3v) is 7.14. The van der Waals surface area contributed by atoms with Gasteiger partial charge in [0.25, 0.3) is 5.19 Å². The third kappa shape index (κ3) is 4.17. The van der Waals surface area contributed by atoms with Crippen molar-refractivity contribution in [2.24, 2.45) is 10.9 Å². The van der Waals surface area contributed by atoms with Crippen molar-refractivity contribution in [1.82, 2.24) is 4.98 Å². The van der Waals surface area contributed by atoms with Gasteiger partial charge < -0.3 is 14.9 Å². The number of benzene rings is 1. The van der Waals surface area contributed by atoms with Crippen LogP contribution in [0.3, 0.4) is 0 Å². The first-order chi connectivity index (χ1) is 14.7. The third-order valence-electron chi connectivity index (χ3n) is 5.00. The number of thiazole rings is 1. The van der Waals surface area contributed by atoms with Crippen LogP contribution in [0, 0.1) is 6.92 Å². The molecule has 0 fully saturated rings. The first-order valence-corrected chi connectivity index (χ1v) is 12.0. The van der Waals surface area contributed by atoms with Crippen molar-refractivity contribution in [2.45, 2.75) is 30.4 Å². The Labute approximate surface area is 186 Å². The molecule has 31 heavy (non-hydrogen) atoms. The molecular weight excluding hydrogens is 462 g/mol. The van der Waals surface area contributed by atoms with E-state index in [1.807, 2.05) is 11.5 Å². The SMILES string of the molecule is Cc1c(C(N)c2cccc(S(N)(=O)=O)c2Cl)c(=O)oc2c1=CCC(Oc1nccs1)C=2. The maximum absolute atomic E-state index is 12.8. The molecule has 0 radical (unpaired) electrons. The maximum atomic E-state index is 12.8. The largest absolute Gasteiger partial charge is 0.462 e. The fourth-order valence-electron chi connectivity index (χ4n) is 3.52. The highest BCUT2D eigenvalue weighted by Crippen LogP contribution is 2.30. The molecule has 3 aromatic rings. The number of ether oxygens (including phenoxy) is 1. The average Bonchev–Trinajstić information content (AvgIpc) is 3.20. The summed E-state index contributed by atoms with van der Waals surface area (Å²) in [6, 6.07) is 3.29. The fraction of sp³-hybridized carbons (Fsp3) is 0.200. The van der Waals surface area contributed by atoms with E-state index in [2.05, 4.69) is 4.98 Å². The summed E-state index contributed by atoms with van der Waals surface area (Å²) in [6.07, 6.45) is 5.52. The highest BCUT2D eigenvalue weighted by molar-refractivity contribution is 7.89. The summed E-state index contributed by atoms with van der Waals surface area (Å²) in [4.78, 5) is 16.7. The molecule has 0 amide bonds. The number of primary sulfonamides is 1. The van der Waals surface area contributed by atoms with E-state index in [1.54, 1.807) is 25.3 Å². The predicted molar refractivity (Wildman–Crippen MR) is 118 cm³/mol. The Morgan fingerprint density at radius 2 is 2.16 bits per heavy atom. The molecular formula is C20H18ClN3O5S2. The molecule has 0 aliphatic heterocycles. The highest BCUT2D eigenvalue weighted by atomic mass is 35.5. The van der Waals surface area contributed by atoms with Gasteiger partial charge in [-0.2, -0.15) is 0 Å². The van der Waals surface area contributed by atoms with Gasteiger partial charge >= 0.3 is 5.63 Å². The lowest BCUT2D eigenvalue weighted by Gasteiger charge is -2.19. The van der Waals surface area contributed by atoms with Crippen LogP contribution >= 0.6 is 22.9 Å². The fourth-order valence-corrected chi connectivity index (χ4v) is 5.27. The number of hydrogen-bond donors (Lipinski definition) is 2. The Kier molecular flexibility index (Phi) is 5.75. The summed E-state index contributed by atoms with van der Waals surface area (Å²) >= 11 is 7.64. The second-order valence-corrected chi connectivity index (χ2v) is 9.71. The number of rotatable bonds is 5. The number of hydrogen-bond acceptors (Lipinski definition) is 8. The smallest absolute Gasteiger partial charge is 0.341 e.